The Morgan fingerprint density at radius 2 is 1.54 bits per heavy atom. The number of carbonyl (C=O) groups excluding carboxylic acids is 2. The third-order valence-corrected chi connectivity index (χ3v) is 3.99. The van der Waals surface area contributed by atoms with Gasteiger partial charge in [-0.05, 0) is 35.1 Å². The van der Waals surface area contributed by atoms with Crippen molar-refractivity contribution in [1.29, 1.82) is 0 Å². The Kier molecular flexibility index (Phi) is 6.78. The molecule has 2 rings (SSSR count). The first kappa shape index (κ1) is 19.5. The zero-order chi connectivity index (χ0) is 19.0. The van der Waals surface area contributed by atoms with Gasteiger partial charge in [-0.25, -0.2) is 4.79 Å². The average molecular weight is 353 g/mol. The number of urea groups is 1. The van der Waals surface area contributed by atoms with Crippen molar-refractivity contribution in [2.75, 3.05) is 18.4 Å². The Labute approximate surface area is 155 Å². The molecule has 26 heavy (non-hydrogen) atoms. The first-order chi connectivity index (χ1) is 12.3. The number of carbonyl (C=O) groups is 2. The predicted molar refractivity (Wildman–Crippen MR) is 105 cm³/mol. The molecule has 0 spiro atoms. The lowest BCUT2D eigenvalue weighted by Gasteiger charge is -2.19. The molecule has 0 aliphatic heterocycles. The summed E-state index contributed by atoms with van der Waals surface area (Å²) in [5.41, 5.74) is 3.30. The Bertz CT molecular complexity index is 719. The fourth-order valence-electron chi connectivity index (χ4n) is 2.44. The second-order valence-corrected chi connectivity index (χ2v) is 7.22. The van der Waals surface area contributed by atoms with Gasteiger partial charge in [-0.15, -0.1) is 0 Å². The quantitative estimate of drug-likeness (QED) is 0.744. The summed E-state index contributed by atoms with van der Waals surface area (Å²) in [5.74, 6) is -0.260. The molecule has 0 aromatic heterocycles. The van der Waals surface area contributed by atoms with E-state index in [1.807, 2.05) is 18.2 Å². The maximum absolute atomic E-state index is 11.8. The molecule has 2 aromatic rings. The van der Waals surface area contributed by atoms with E-state index < -0.39 is 0 Å². The minimum Gasteiger partial charge on any atom is -0.338 e. The summed E-state index contributed by atoms with van der Waals surface area (Å²) in [5, 5.41) is 8.04. The van der Waals surface area contributed by atoms with Crippen molar-refractivity contribution in [3.63, 3.8) is 0 Å². The van der Waals surface area contributed by atoms with E-state index in [2.05, 4.69) is 61.0 Å². The normalized spacial score (nSPS) is 10.9. The SMILES string of the molecule is CC(C)(C)c1ccc(CCNC(=O)NCC(=O)Nc2ccccc2)cc1. The molecule has 0 aliphatic rings. The number of benzene rings is 2. The van der Waals surface area contributed by atoms with E-state index in [-0.39, 0.29) is 23.9 Å². The van der Waals surface area contributed by atoms with Crippen LogP contribution in [0.1, 0.15) is 31.9 Å². The van der Waals surface area contributed by atoms with Crippen LogP contribution in [0.15, 0.2) is 54.6 Å². The molecule has 0 atom stereocenters. The van der Waals surface area contributed by atoms with E-state index in [0.717, 1.165) is 6.42 Å². The minimum absolute atomic E-state index is 0.0684. The van der Waals surface area contributed by atoms with Crippen molar-refractivity contribution in [3.05, 3.63) is 65.7 Å². The van der Waals surface area contributed by atoms with Crippen molar-refractivity contribution >= 4 is 17.6 Å². The van der Waals surface area contributed by atoms with Gasteiger partial charge in [0.1, 0.15) is 0 Å². The van der Waals surface area contributed by atoms with E-state index >= 15 is 0 Å². The van der Waals surface area contributed by atoms with Crippen LogP contribution in [0, 0.1) is 0 Å². The van der Waals surface area contributed by atoms with Gasteiger partial charge in [-0.3, -0.25) is 4.79 Å². The molecule has 0 unspecified atom stereocenters. The van der Waals surface area contributed by atoms with E-state index in [1.165, 1.54) is 11.1 Å². The molecule has 5 heteroatoms. The van der Waals surface area contributed by atoms with Crippen LogP contribution in [0.4, 0.5) is 10.5 Å². The number of nitrogens with one attached hydrogen (secondary N) is 3. The summed E-state index contributed by atoms with van der Waals surface area (Å²) in [6.07, 6.45) is 0.744. The van der Waals surface area contributed by atoms with Gasteiger partial charge in [0.05, 0.1) is 6.54 Å². The van der Waals surface area contributed by atoms with Crippen molar-refractivity contribution in [1.82, 2.24) is 10.6 Å². The van der Waals surface area contributed by atoms with Gasteiger partial charge in [0.15, 0.2) is 0 Å². The molecule has 5 nitrogen and oxygen atoms in total. The highest BCUT2D eigenvalue weighted by Gasteiger charge is 2.12. The lowest BCUT2D eigenvalue weighted by Crippen LogP contribution is -2.40. The second kappa shape index (κ2) is 9.04. The standard InChI is InChI=1S/C21H27N3O2/c1-21(2,3)17-11-9-16(10-12-17)13-14-22-20(26)23-15-19(25)24-18-7-5-4-6-8-18/h4-12H,13-15H2,1-3H3,(H,24,25)(H2,22,23,26). The van der Waals surface area contributed by atoms with Gasteiger partial charge < -0.3 is 16.0 Å². The average Bonchev–Trinajstić information content (AvgIpc) is 2.60. The third kappa shape index (κ3) is 6.59. The number of amides is 3. The van der Waals surface area contributed by atoms with Crippen LogP contribution in [0.25, 0.3) is 0 Å². The molecule has 0 bridgehead atoms. The Morgan fingerprint density at radius 3 is 2.15 bits per heavy atom. The lowest BCUT2D eigenvalue weighted by atomic mass is 9.86. The van der Waals surface area contributed by atoms with Crippen LogP contribution >= 0.6 is 0 Å². The number of rotatable bonds is 6. The summed E-state index contributed by atoms with van der Waals surface area (Å²) in [4.78, 5) is 23.5. The Morgan fingerprint density at radius 1 is 0.885 bits per heavy atom. The van der Waals surface area contributed by atoms with E-state index in [0.29, 0.717) is 12.2 Å². The summed E-state index contributed by atoms with van der Waals surface area (Å²) < 4.78 is 0. The van der Waals surface area contributed by atoms with Crippen LogP contribution in [-0.2, 0) is 16.6 Å². The molecule has 138 valence electrons. The van der Waals surface area contributed by atoms with Crippen molar-refractivity contribution in [2.24, 2.45) is 0 Å². The topological polar surface area (TPSA) is 70.2 Å². The molecule has 0 radical (unpaired) electrons. The summed E-state index contributed by atoms with van der Waals surface area (Å²) in [6.45, 7) is 6.99. The smallest absolute Gasteiger partial charge is 0.315 e. The summed E-state index contributed by atoms with van der Waals surface area (Å²) in [7, 11) is 0. The highest BCUT2D eigenvalue weighted by atomic mass is 16.2. The Hall–Kier alpha value is -2.82. The van der Waals surface area contributed by atoms with Crippen LogP contribution in [0.3, 0.4) is 0 Å². The highest BCUT2D eigenvalue weighted by molar-refractivity contribution is 5.94. The first-order valence-corrected chi connectivity index (χ1v) is 8.80. The zero-order valence-corrected chi connectivity index (χ0v) is 15.6. The van der Waals surface area contributed by atoms with Gasteiger partial charge in [-0.1, -0.05) is 63.2 Å². The van der Waals surface area contributed by atoms with Gasteiger partial charge in [0.2, 0.25) is 5.91 Å². The first-order valence-electron chi connectivity index (χ1n) is 8.80. The lowest BCUT2D eigenvalue weighted by molar-refractivity contribution is -0.115. The maximum Gasteiger partial charge on any atom is 0.315 e. The molecular weight excluding hydrogens is 326 g/mol. The van der Waals surface area contributed by atoms with Gasteiger partial charge in [0, 0.05) is 12.2 Å². The van der Waals surface area contributed by atoms with Crippen molar-refractivity contribution in [3.8, 4) is 0 Å². The van der Waals surface area contributed by atoms with Crippen LogP contribution in [-0.4, -0.2) is 25.0 Å². The molecule has 3 N–H and O–H groups in total. The number of hydrogen-bond acceptors (Lipinski definition) is 2. The zero-order valence-electron chi connectivity index (χ0n) is 15.6. The van der Waals surface area contributed by atoms with Crippen molar-refractivity contribution in [2.45, 2.75) is 32.6 Å². The van der Waals surface area contributed by atoms with E-state index in [4.69, 9.17) is 0 Å². The van der Waals surface area contributed by atoms with Gasteiger partial charge in [0.25, 0.3) is 0 Å². The maximum atomic E-state index is 11.8. The molecule has 3 amide bonds. The van der Waals surface area contributed by atoms with Gasteiger partial charge >= 0.3 is 6.03 Å². The molecular formula is C21H27N3O2. The number of para-hydroxylation sites is 1. The summed E-state index contributed by atoms with van der Waals surface area (Å²) >= 11 is 0. The predicted octanol–water partition coefficient (Wildman–Crippen LogP) is 3.46. The molecule has 0 saturated carbocycles. The number of hydrogen-bond donors (Lipinski definition) is 3. The van der Waals surface area contributed by atoms with E-state index in [9.17, 15) is 9.59 Å². The minimum atomic E-state index is -0.348. The van der Waals surface area contributed by atoms with Crippen molar-refractivity contribution < 1.29 is 9.59 Å². The summed E-state index contributed by atoms with van der Waals surface area (Å²) in [6, 6.07) is 17.2. The molecule has 0 heterocycles. The third-order valence-electron chi connectivity index (χ3n) is 3.99. The largest absolute Gasteiger partial charge is 0.338 e. The Balaban J connectivity index is 1.66. The number of anilines is 1. The van der Waals surface area contributed by atoms with Crippen LogP contribution in [0.2, 0.25) is 0 Å². The molecule has 0 saturated heterocycles. The van der Waals surface area contributed by atoms with Gasteiger partial charge in [-0.2, -0.15) is 0 Å². The molecule has 0 fully saturated rings. The molecule has 0 aliphatic carbocycles. The monoisotopic (exact) mass is 353 g/mol. The van der Waals surface area contributed by atoms with Crippen LogP contribution in [0.5, 0.6) is 0 Å². The fourth-order valence-corrected chi connectivity index (χ4v) is 2.44. The second-order valence-electron chi connectivity index (χ2n) is 7.22. The fraction of sp³-hybridized carbons (Fsp3) is 0.333. The molecule has 2 aromatic carbocycles. The van der Waals surface area contributed by atoms with E-state index in [1.54, 1.807) is 12.1 Å². The van der Waals surface area contributed by atoms with Crippen LogP contribution < -0.4 is 16.0 Å². The highest BCUT2D eigenvalue weighted by Crippen LogP contribution is 2.22.